The van der Waals surface area contributed by atoms with E-state index < -0.39 is 5.63 Å². The van der Waals surface area contributed by atoms with Gasteiger partial charge in [-0.3, -0.25) is 4.79 Å². The van der Waals surface area contributed by atoms with Gasteiger partial charge in [-0.2, -0.15) is 0 Å². The summed E-state index contributed by atoms with van der Waals surface area (Å²) < 4.78 is 10.4. The summed E-state index contributed by atoms with van der Waals surface area (Å²) in [5.41, 5.74) is 0.0216. The first-order valence-electron chi connectivity index (χ1n) is 6.83. The SMILES string of the molecule is CCNCCNC(=O)COc1ccc2ccc(=O)oc2c1.Cl. The van der Waals surface area contributed by atoms with Crippen LogP contribution in [0, 0.1) is 0 Å². The highest BCUT2D eigenvalue weighted by Crippen LogP contribution is 2.19. The molecule has 1 aromatic heterocycles. The van der Waals surface area contributed by atoms with Gasteiger partial charge in [0.1, 0.15) is 11.3 Å². The van der Waals surface area contributed by atoms with Gasteiger partial charge < -0.3 is 19.8 Å². The van der Waals surface area contributed by atoms with Crippen LogP contribution in [0.15, 0.2) is 39.5 Å². The van der Waals surface area contributed by atoms with E-state index in [1.807, 2.05) is 6.92 Å². The Labute approximate surface area is 134 Å². The summed E-state index contributed by atoms with van der Waals surface area (Å²) in [6, 6.07) is 8.15. The van der Waals surface area contributed by atoms with Crippen LogP contribution in [0.5, 0.6) is 5.75 Å². The lowest BCUT2D eigenvalue weighted by Crippen LogP contribution is -2.34. The summed E-state index contributed by atoms with van der Waals surface area (Å²) in [5, 5.41) is 6.64. The Balaban J connectivity index is 0.00000242. The van der Waals surface area contributed by atoms with E-state index in [4.69, 9.17) is 9.15 Å². The zero-order valence-corrected chi connectivity index (χ0v) is 13.1. The number of hydrogen-bond acceptors (Lipinski definition) is 5. The maximum Gasteiger partial charge on any atom is 0.336 e. The van der Waals surface area contributed by atoms with Gasteiger partial charge in [-0.05, 0) is 24.7 Å². The summed E-state index contributed by atoms with van der Waals surface area (Å²) in [4.78, 5) is 22.7. The van der Waals surface area contributed by atoms with Gasteiger partial charge in [-0.25, -0.2) is 4.79 Å². The van der Waals surface area contributed by atoms with Gasteiger partial charge >= 0.3 is 5.63 Å². The third-order valence-electron chi connectivity index (χ3n) is 2.84. The minimum atomic E-state index is -0.416. The molecule has 0 saturated carbocycles. The lowest BCUT2D eigenvalue weighted by molar-refractivity contribution is -0.123. The molecule has 22 heavy (non-hydrogen) atoms. The van der Waals surface area contributed by atoms with Gasteiger partial charge in [-0.15, -0.1) is 12.4 Å². The summed E-state index contributed by atoms with van der Waals surface area (Å²) in [6.07, 6.45) is 0. The molecule has 2 aromatic rings. The third kappa shape index (κ3) is 5.38. The number of hydrogen-bond donors (Lipinski definition) is 2. The third-order valence-corrected chi connectivity index (χ3v) is 2.84. The van der Waals surface area contributed by atoms with E-state index in [1.54, 1.807) is 24.3 Å². The zero-order valence-electron chi connectivity index (χ0n) is 12.3. The van der Waals surface area contributed by atoms with Crippen molar-refractivity contribution in [3.05, 3.63) is 40.8 Å². The van der Waals surface area contributed by atoms with E-state index in [2.05, 4.69) is 10.6 Å². The minimum absolute atomic E-state index is 0. The van der Waals surface area contributed by atoms with Crippen molar-refractivity contribution in [2.75, 3.05) is 26.2 Å². The second-order valence-corrected chi connectivity index (χ2v) is 4.45. The Bertz CT molecular complexity index is 672. The summed E-state index contributed by atoms with van der Waals surface area (Å²) in [5.74, 6) is 0.293. The van der Waals surface area contributed by atoms with Crippen LogP contribution in [0.4, 0.5) is 0 Å². The molecule has 120 valence electrons. The molecule has 0 unspecified atom stereocenters. The van der Waals surface area contributed by atoms with Crippen molar-refractivity contribution in [1.82, 2.24) is 10.6 Å². The average Bonchev–Trinajstić information content (AvgIpc) is 2.49. The molecule has 7 heteroatoms. The first-order valence-corrected chi connectivity index (χ1v) is 6.83. The van der Waals surface area contributed by atoms with Crippen LogP contribution in [-0.4, -0.2) is 32.1 Å². The number of rotatable bonds is 7. The molecule has 1 aromatic carbocycles. The fourth-order valence-corrected chi connectivity index (χ4v) is 1.80. The van der Waals surface area contributed by atoms with Gasteiger partial charge in [0.05, 0.1) is 0 Å². The zero-order chi connectivity index (χ0) is 15.1. The predicted molar refractivity (Wildman–Crippen MR) is 86.8 cm³/mol. The number of likely N-dealkylation sites (N-methyl/N-ethyl adjacent to an activating group) is 1. The smallest absolute Gasteiger partial charge is 0.336 e. The number of carbonyl (C=O) groups is 1. The van der Waals surface area contributed by atoms with Crippen molar-refractivity contribution in [3.63, 3.8) is 0 Å². The fourth-order valence-electron chi connectivity index (χ4n) is 1.80. The number of fused-ring (bicyclic) bond motifs is 1. The number of carbonyl (C=O) groups excluding carboxylic acids is 1. The molecule has 0 atom stereocenters. The molecule has 0 aliphatic heterocycles. The minimum Gasteiger partial charge on any atom is -0.484 e. The Morgan fingerprint density at radius 2 is 2.00 bits per heavy atom. The van der Waals surface area contributed by atoms with Crippen LogP contribution in [0.1, 0.15) is 6.92 Å². The van der Waals surface area contributed by atoms with Crippen molar-refractivity contribution in [2.24, 2.45) is 0 Å². The monoisotopic (exact) mass is 326 g/mol. The van der Waals surface area contributed by atoms with Crippen LogP contribution in [0.2, 0.25) is 0 Å². The Kier molecular flexibility index (Phi) is 7.42. The van der Waals surface area contributed by atoms with E-state index in [-0.39, 0.29) is 24.9 Å². The first-order chi connectivity index (χ1) is 10.2. The summed E-state index contributed by atoms with van der Waals surface area (Å²) in [6.45, 7) is 4.08. The van der Waals surface area contributed by atoms with Gasteiger partial charge in [-0.1, -0.05) is 6.92 Å². The molecule has 1 heterocycles. The molecule has 2 rings (SSSR count). The van der Waals surface area contributed by atoms with Gasteiger partial charge in [0.25, 0.3) is 5.91 Å². The summed E-state index contributed by atoms with van der Waals surface area (Å²) >= 11 is 0. The lowest BCUT2D eigenvalue weighted by Gasteiger charge is -2.08. The molecule has 0 aliphatic carbocycles. The second kappa shape index (κ2) is 9.07. The van der Waals surface area contributed by atoms with E-state index >= 15 is 0 Å². The van der Waals surface area contributed by atoms with E-state index in [0.717, 1.165) is 18.5 Å². The van der Waals surface area contributed by atoms with Crippen molar-refractivity contribution in [2.45, 2.75) is 6.92 Å². The largest absolute Gasteiger partial charge is 0.484 e. The molecular formula is C15H19ClN2O4. The molecular weight excluding hydrogens is 308 g/mol. The molecule has 0 bridgehead atoms. The number of halogens is 1. The molecule has 0 aliphatic rings. The highest BCUT2D eigenvalue weighted by atomic mass is 35.5. The quantitative estimate of drug-likeness (QED) is 0.592. The van der Waals surface area contributed by atoms with Gasteiger partial charge in [0.2, 0.25) is 0 Å². The normalized spacial score (nSPS) is 10.0. The maximum absolute atomic E-state index is 11.6. The highest BCUT2D eigenvalue weighted by Gasteiger charge is 2.04. The number of benzene rings is 1. The van der Waals surface area contributed by atoms with Crippen LogP contribution >= 0.6 is 12.4 Å². The lowest BCUT2D eigenvalue weighted by atomic mass is 10.2. The van der Waals surface area contributed by atoms with Crippen LogP contribution in [0.25, 0.3) is 11.0 Å². The number of amides is 1. The Hall–Kier alpha value is -2.05. The molecule has 6 nitrogen and oxygen atoms in total. The van der Waals surface area contributed by atoms with Crippen molar-refractivity contribution in [1.29, 1.82) is 0 Å². The van der Waals surface area contributed by atoms with Crippen molar-refractivity contribution < 1.29 is 13.9 Å². The number of ether oxygens (including phenoxy) is 1. The van der Waals surface area contributed by atoms with Crippen molar-refractivity contribution >= 4 is 29.3 Å². The van der Waals surface area contributed by atoms with Crippen molar-refractivity contribution in [3.8, 4) is 5.75 Å². The molecule has 0 saturated heterocycles. The van der Waals surface area contributed by atoms with E-state index in [0.29, 0.717) is 17.9 Å². The molecule has 0 spiro atoms. The standard InChI is InChI=1S/C15H18N2O4.ClH/c1-2-16-7-8-17-14(18)10-20-12-5-3-11-4-6-15(19)21-13(11)9-12;/h3-6,9,16H,2,7-8,10H2,1H3,(H,17,18);1H. The topological polar surface area (TPSA) is 80.6 Å². The van der Waals surface area contributed by atoms with Crippen LogP contribution < -0.4 is 21.0 Å². The molecule has 0 radical (unpaired) electrons. The summed E-state index contributed by atoms with van der Waals surface area (Å²) in [7, 11) is 0. The highest BCUT2D eigenvalue weighted by molar-refractivity contribution is 5.85. The average molecular weight is 327 g/mol. The van der Waals surface area contributed by atoms with E-state index in [9.17, 15) is 9.59 Å². The molecule has 2 N–H and O–H groups in total. The van der Waals surface area contributed by atoms with E-state index in [1.165, 1.54) is 6.07 Å². The Morgan fingerprint density at radius 1 is 1.23 bits per heavy atom. The van der Waals surface area contributed by atoms with Gasteiger partial charge in [0.15, 0.2) is 6.61 Å². The van der Waals surface area contributed by atoms with Crippen LogP contribution in [0.3, 0.4) is 0 Å². The fraction of sp³-hybridized carbons (Fsp3) is 0.333. The number of nitrogens with one attached hydrogen (secondary N) is 2. The van der Waals surface area contributed by atoms with Gasteiger partial charge in [0, 0.05) is 30.6 Å². The molecule has 1 amide bonds. The molecule has 0 fully saturated rings. The first kappa shape index (κ1) is 18.0. The van der Waals surface area contributed by atoms with Crippen LogP contribution in [-0.2, 0) is 4.79 Å². The predicted octanol–water partition coefficient (Wildman–Crippen LogP) is 1.32. The maximum atomic E-state index is 11.6. The Morgan fingerprint density at radius 3 is 2.77 bits per heavy atom. The second-order valence-electron chi connectivity index (χ2n) is 4.45.